The second-order valence-corrected chi connectivity index (χ2v) is 19.4. The van der Waals surface area contributed by atoms with Crippen molar-refractivity contribution in [2.75, 3.05) is 4.90 Å². The van der Waals surface area contributed by atoms with Crippen LogP contribution in [-0.2, 0) is 16.2 Å². The van der Waals surface area contributed by atoms with Crippen LogP contribution in [0.5, 0.6) is 0 Å². The molecule has 2 nitrogen and oxygen atoms in total. The van der Waals surface area contributed by atoms with Crippen LogP contribution in [0.3, 0.4) is 0 Å². The molecule has 5 aliphatic carbocycles. The Morgan fingerprint density at radius 2 is 1.37 bits per heavy atom. The molecule has 51 heavy (non-hydrogen) atoms. The molecule has 254 valence electrons. The number of benzene rings is 5. The lowest BCUT2D eigenvalue weighted by molar-refractivity contribution is -0.235. The fourth-order valence-corrected chi connectivity index (χ4v) is 14.7. The van der Waals surface area contributed by atoms with Gasteiger partial charge in [0, 0.05) is 31.7 Å². The molecule has 3 heteroatoms. The summed E-state index contributed by atoms with van der Waals surface area (Å²) in [7, 11) is 0. The highest BCUT2D eigenvalue weighted by Crippen LogP contribution is 2.89. The van der Waals surface area contributed by atoms with Crippen molar-refractivity contribution in [2.24, 2.45) is 29.1 Å². The molecule has 2 bridgehead atoms. The minimum Gasteiger partial charge on any atom is -0.456 e. The number of hydrogen-bond acceptors (Lipinski definition) is 3. The van der Waals surface area contributed by atoms with Gasteiger partial charge in [-0.05, 0) is 143 Å². The second kappa shape index (κ2) is 9.53. The SMILES string of the molecule is CC1(C)CCC(C)(C)c2c(N(c3ccc4oc5ccccc5c4c3)c3cccc4c3Sc3ccccc3C43C4CC5CC6CC3C64C5)cccc21. The van der Waals surface area contributed by atoms with E-state index in [1.165, 1.54) is 87.3 Å². The average Bonchev–Trinajstić information content (AvgIpc) is 3.79. The van der Waals surface area contributed by atoms with E-state index in [4.69, 9.17) is 4.42 Å². The minimum absolute atomic E-state index is 0.0479. The van der Waals surface area contributed by atoms with Crippen molar-refractivity contribution in [3.05, 3.63) is 125 Å². The highest BCUT2D eigenvalue weighted by Gasteiger charge is 2.84. The molecular formula is C48H45NOS. The Bertz CT molecular complexity index is 2490. The van der Waals surface area contributed by atoms with E-state index in [9.17, 15) is 0 Å². The summed E-state index contributed by atoms with van der Waals surface area (Å²) in [6.07, 6.45) is 8.20. The van der Waals surface area contributed by atoms with E-state index in [2.05, 4.69) is 136 Å². The molecule has 6 aliphatic rings. The van der Waals surface area contributed by atoms with Gasteiger partial charge < -0.3 is 9.32 Å². The van der Waals surface area contributed by atoms with Crippen LogP contribution in [0.25, 0.3) is 21.9 Å². The Labute approximate surface area is 305 Å². The number of furan rings is 1. The topological polar surface area (TPSA) is 16.4 Å². The smallest absolute Gasteiger partial charge is 0.135 e. The Balaban J connectivity index is 1.14. The van der Waals surface area contributed by atoms with Crippen molar-refractivity contribution in [3.8, 4) is 0 Å². The summed E-state index contributed by atoms with van der Waals surface area (Å²) in [4.78, 5) is 5.61. The standard InChI is InChI=1S/C48H45NOS/c1-45(2)21-22-46(3,4)43-34(45)13-9-15-36(43)49(30-19-20-39-32(26-30)31-11-5-7-17-38(31)50-39)37-16-10-14-35-44(37)51-40-18-8-6-12-33(40)48(35)41-24-28-23-29-25-42(48)47(29,41)27-28/h5-20,26,28-29,41-42H,21-25,27H2,1-4H3. The maximum Gasteiger partial charge on any atom is 0.135 e. The van der Waals surface area contributed by atoms with E-state index < -0.39 is 0 Å². The van der Waals surface area contributed by atoms with Gasteiger partial charge in [-0.1, -0.05) is 100 Å². The molecule has 0 saturated heterocycles. The van der Waals surface area contributed by atoms with Crippen molar-refractivity contribution in [1.82, 2.24) is 0 Å². The largest absolute Gasteiger partial charge is 0.456 e. The van der Waals surface area contributed by atoms with E-state index >= 15 is 0 Å². The van der Waals surface area contributed by atoms with Crippen LogP contribution in [0, 0.1) is 29.1 Å². The monoisotopic (exact) mass is 683 g/mol. The van der Waals surface area contributed by atoms with Gasteiger partial charge in [-0.15, -0.1) is 0 Å². The molecule has 6 aromatic rings. The van der Waals surface area contributed by atoms with E-state index in [0.717, 1.165) is 34.8 Å². The van der Waals surface area contributed by atoms with Crippen LogP contribution in [0.2, 0.25) is 0 Å². The van der Waals surface area contributed by atoms with Crippen molar-refractivity contribution in [2.45, 2.75) is 92.3 Å². The summed E-state index contributed by atoms with van der Waals surface area (Å²) in [6, 6.07) is 39.5. The van der Waals surface area contributed by atoms with Crippen LogP contribution in [0.4, 0.5) is 17.1 Å². The summed E-state index contributed by atoms with van der Waals surface area (Å²) >= 11 is 2.03. The zero-order valence-electron chi connectivity index (χ0n) is 30.1. The highest BCUT2D eigenvalue weighted by molar-refractivity contribution is 7.99. The normalized spacial score (nSPS) is 31.1. The first-order valence-electron chi connectivity index (χ1n) is 19.5. The summed E-state index contributed by atoms with van der Waals surface area (Å²) < 4.78 is 6.39. The average molecular weight is 684 g/mol. The molecule has 4 fully saturated rings. The summed E-state index contributed by atoms with van der Waals surface area (Å²) in [6.45, 7) is 9.86. The molecule has 5 aromatic carbocycles. The molecule has 4 saturated carbocycles. The Kier molecular flexibility index (Phi) is 5.53. The summed E-state index contributed by atoms with van der Waals surface area (Å²) in [5.41, 5.74) is 12.9. The first-order chi connectivity index (χ1) is 24.7. The zero-order valence-corrected chi connectivity index (χ0v) is 30.9. The third-order valence-electron chi connectivity index (χ3n) is 15.4. The van der Waals surface area contributed by atoms with E-state index in [0.29, 0.717) is 5.41 Å². The Hall–Kier alpha value is -3.95. The van der Waals surface area contributed by atoms with Crippen LogP contribution < -0.4 is 4.90 Å². The maximum absolute atomic E-state index is 6.39. The quantitative estimate of drug-likeness (QED) is 0.185. The fourth-order valence-electron chi connectivity index (χ4n) is 13.4. The van der Waals surface area contributed by atoms with Gasteiger partial charge in [0.1, 0.15) is 11.2 Å². The molecular weight excluding hydrogens is 639 g/mol. The Morgan fingerprint density at radius 1 is 0.647 bits per heavy atom. The van der Waals surface area contributed by atoms with Gasteiger partial charge in [-0.2, -0.15) is 0 Å². The van der Waals surface area contributed by atoms with Crippen molar-refractivity contribution in [1.29, 1.82) is 0 Å². The fraction of sp³-hybridized carbons (Fsp3) is 0.375. The maximum atomic E-state index is 6.39. The predicted octanol–water partition coefficient (Wildman–Crippen LogP) is 13.2. The van der Waals surface area contributed by atoms with E-state index in [-0.39, 0.29) is 16.2 Å². The third kappa shape index (κ3) is 3.45. The predicted molar refractivity (Wildman–Crippen MR) is 210 cm³/mol. The molecule has 0 amide bonds. The van der Waals surface area contributed by atoms with Gasteiger partial charge in [0.2, 0.25) is 0 Å². The van der Waals surface area contributed by atoms with Crippen LogP contribution in [0.15, 0.2) is 117 Å². The third-order valence-corrected chi connectivity index (χ3v) is 16.6. The van der Waals surface area contributed by atoms with E-state index in [1.807, 2.05) is 11.8 Å². The van der Waals surface area contributed by atoms with Gasteiger partial charge in [-0.3, -0.25) is 0 Å². The molecule has 2 spiro atoms. The van der Waals surface area contributed by atoms with Crippen molar-refractivity contribution in [3.63, 3.8) is 0 Å². The van der Waals surface area contributed by atoms with Gasteiger partial charge in [0.25, 0.3) is 0 Å². The highest BCUT2D eigenvalue weighted by atomic mass is 32.2. The molecule has 6 atom stereocenters. The molecule has 1 aliphatic heterocycles. The summed E-state index contributed by atoms with van der Waals surface area (Å²) in [5, 5.41) is 2.36. The van der Waals surface area contributed by atoms with Gasteiger partial charge >= 0.3 is 0 Å². The van der Waals surface area contributed by atoms with Crippen LogP contribution in [-0.4, -0.2) is 0 Å². The first kappa shape index (κ1) is 29.6. The number of para-hydroxylation sites is 1. The molecule has 6 unspecified atom stereocenters. The first-order valence-corrected chi connectivity index (χ1v) is 20.3. The molecule has 12 rings (SSSR count). The lowest BCUT2D eigenvalue weighted by atomic mass is 9.26. The second-order valence-electron chi connectivity index (χ2n) is 18.4. The molecule has 1 aromatic heterocycles. The lowest BCUT2D eigenvalue weighted by Crippen LogP contribution is -2.74. The van der Waals surface area contributed by atoms with Crippen LogP contribution >= 0.6 is 11.8 Å². The molecule has 0 N–H and O–H groups in total. The number of rotatable bonds is 3. The lowest BCUT2D eigenvalue weighted by Gasteiger charge is -2.78. The summed E-state index contributed by atoms with van der Waals surface area (Å²) in [5.74, 6) is 3.46. The zero-order chi connectivity index (χ0) is 34.1. The number of fused-ring (bicyclic) bond motifs is 11. The number of hydrogen-bond donors (Lipinski definition) is 0. The van der Waals surface area contributed by atoms with Gasteiger partial charge in [0.15, 0.2) is 0 Å². The van der Waals surface area contributed by atoms with Crippen LogP contribution in [0.1, 0.15) is 88.5 Å². The van der Waals surface area contributed by atoms with Crippen molar-refractivity contribution >= 4 is 50.8 Å². The number of anilines is 3. The minimum atomic E-state index is 0.0479. The number of nitrogens with zero attached hydrogens (tertiary/aromatic N) is 1. The van der Waals surface area contributed by atoms with Gasteiger partial charge in [0.05, 0.1) is 11.4 Å². The van der Waals surface area contributed by atoms with E-state index in [1.54, 1.807) is 11.1 Å². The molecule has 0 radical (unpaired) electrons. The van der Waals surface area contributed by atoms with Crippen molar-refractivity contribution < 1.29 is 4.42 Å². The van der Waals surface area contributed by atoms with Gasteiger partial charge in [-0.25, -0.2) is 0 Å². The Morgan fingerprint density at radius 3 is 2.25 bits per heavy atom. The molecule has 2 heterocycles.